The fourth-order valence-corrected chi connectivity index (χ4v) is 4.17. The third kappa shape index (κ3) is 5.29. The largest absolute Gasteiger partial charge is 0.433 e. The minimum Gasteiger partial charge on any atom is -0.391 e. The molecular formula is C16H15F3N4O4S2. The monoisotopic (exact) mass is 448 g/mol. The van der Waals surface area contributed by atoms with Crippen LogP contribution in [-0.4, -0.2) is 42.0 Å². The molecule has 1 atom stereocenters. The van der Waals surface area contributed by atoms with E-state index in [2.05, 4.69) is 20.4 Å². The number of alkyl halides is 3. The molecule has 3 rings (SSSR count). The first kappa shape index (κ1) is 21.2. The van der Waals surface area contributed by atoms with Gasteiger partial charge in [-0.05, 0) is 24.4 Å². The smallest absolute Gasteiger partial charge is 0.391 e. The van der Waals surface area contributed by atoms with Crippen LogP contribution in [-0.2, 0) is 25.6 Å². The van der Waals surface area contributed by atoms with E-state index in [9.17, 15) is 26.4 Å². The summed E-state index contributed by atoms with van der Waals surface area (Å²) in [5, 5.41) is 6.68. The van der Waals surface area contributed by atoms with E-state index in [1.165, 1.54) is 6.07 Å². The number of thiophene rings is 1. The zero-order valence-electron chi connectivity index (χ0n) is 14.9. The van der Waals surface area contributed by atoms with E-state index < -0.39 is 44.9 Å². The summed E-state index contributed by atoms with van der Waals surface area (Å²) in [5.41, 5.74) is -1.53. The van der Waals surface area contributed by atoms with Gasteiger partial charge in [-0.3, -0.25) is 4.79 Å². The van der Waals surface area contributed by atoms with E-state index >= 15 is 0 Å². The third-order valence-corrected chi connectivity index (χ3v) is 6.13. The number of sulfone groups is 1. The second-order valence-corrected chi connectivity index (χ2v) is 9.12. The van der Waals surface area contributed by atoms with Crippen LogP contribution in [0.2, 0.25) is 0 Å². The maximum Gasteiger partial charge on any atom is 0.433 e. The number of hydrogen-bond donors (Lipinski definition) is 1. The van der Waals surface area contributed by atoms with Crippen molar-refractivity contribution >= 4 is 32.9 Å². The van der Waals surface area contributed by atoms with Crippen molar-refractivity contribution < 1.29 is 31.2 Å². The molecule has 3 heterocycles. The highest BCUT2D eigenvalue weighted by Gasteiger charge is 2.35. The Morgan fingerprint density at radius 2 is 2.14 bits per heavy atom. The average molecular weight is 448 g/mol. The van der Waals surface area contributed by atoms with Gasteiger partial charge in [0, 0.05) is 12.8 Å². The van der Waals surface area contributed by atoms with Crippen molar-refractivity contribution in [2.75, 3.05) is 5.75 Å². The summed E-state index contributed by atoms with van der Waals surface area (Å²) >= 11 is 1.11. The molecule has 29 heavy (non-hydrogen) atoms. The standard InChI is InChI=1S/C16H15F3N4O4S2/c1-9-7-13(23-27-9)22-14(24)4-6-29(25,26)15-20-10(11-3-2-5-28-11)8-12(21-15)16(17,18)19/h2-3,5,8-9H,4,6-7H2,1H3,(H,22,23,24). The summed E-state index contributed by atoms with van der Waals surface area (Å²) in [4.78, 5) is 24.2. The molecule has 1 aliphatic rings. The molecule has 0 saturated heterocycles. The highest BCUT2D eigenvalue weighted by Crippen LogP contribution is 2.32. The molecule has 2 aromatic heterocycles. The molecule has 0 saturated carbocycles. The number of nitrogens with one attached hydrogen (secondary N) is 1. The van der Waals surface area contributed by atoms with Crippen molar-refractivity contribution in [1.82, 2.24) is 15.3 Å². The molecule has 0 bridgehead atoms. The van der Waals surface area contributed by atoms with Crippen LogP contribution in [0.1, 0.15) is 25.5 Å². The van der Waals surface area contributed by atoms with Crippen molar-refractivity contribution in [2.24, 2.45) is 5.16 Å². The van der Waals surface area contributed by atoms with Crippen LogP contribution in [0, 0.1) is 0 Å². The van der Waals surface area contributed by atoms with E-state index in [0.717, 1.165) is 11.3 Å². The van der Waals surface area contributed by atoms with E-state index in [4.69, 9.17) is 4.84 Å². The summed E-state index contributed by atoms with van der Waals surface area (Å²) in [6.45, 7) is 1.74. The number of amides is 1. The minimum absolute atomic E-state index is 0.156. The van der Waals surface area contributed by atoms with Crippen LogP contribution in [0.25, 0.3) is 10.6 Å². The van der Waals surface area contributed by atoms with Gasteiger partial charge in [-0.1, -0.05) is 11.2 Å². The van der Waals surface area contributed by atoms with Gasteiger partial charge >= 0.3 is 6.18 Å². The molecule has 1 unspecified atom stereocenters. The van der Waals surface area contributed by atoms with E-state index in [1.807, 2.05) is 0 Å². The van der Waals surface area contributed by atoms with Gasteiger partial charge in [-0.2, -0.15) is 13.2 Å². The molecule has 8 nitrogen and oxygen atoms in total. The number of hydrogen-bond acceptors (Lipinski definition) is 8. The minimum atomic E-state index is -4.85. The number of oxime groups is 1. The maximum absolute atomic E-state index is 13.2. The Kier molecular flexibility index (Phi) is 5.89. The van der Waals surface area contributed by atoms with Gasteiger partial charge in [0.05, 0.1) is 16.3 Å². The van der Waals surface area contributed by atoms with Crippen molar-refractivity contribution in [3.8, 4) is 10.6 Å². The van der Waals surface area contributed by atoms with Gasteiger partial charge in [-0.15, -0.1) is 11.3 Å². The predicted molar refractivity (Wildman–Crippen MR) is 97.8 cm³/mol. The van der Waals surface area contributed by atoms with Crippen LogP contribution in [0.4, 0.5) is 13.2 Å². The number of rotatable bonds is 5. The molecule has 0 spiro atoms. The highest BCUT2D eigenvalue weighted by molar-refractivity contribution is 7.91. The Bertz CT molecular complexity index is 1040. The molecule has 13 heteroatoms. The summed E-state index contributed by atoms with van der Waals surface area (Å²) in [7, 11) is -4.35. The van der Waals surface area contributed by atoms with E-state index in [1.54, 1.807) is 18.4 Å². The highest BCUT2D eigenvalue weighted by atomic mass is 32.2. The second kappa shape index (κ2) is 8.06. The first-order valence-electron chi connectivity index (χ1n) is 8.30. The number of carbonyl (C=O) groups is 1. The van der Waals surface area contributed by atoms with Gasteiger partial charge in [0.25, 0.3) is 0 Å². The Balaban J connectivity index is 1.80. The van der Waals surface area contributed by atoms with Crippen LogP contribution >= 0.6 is 11.3 Å². The quantitative estimate of drug-likeness (QED) is 0.704. The normalized spacial score (nSPS) is 17.0. The van der Waals surface area contributed by atoms with Crippen molar-refractivity contribution in [1.29, 1.82) is 0 Å². The lowest BCUT2D eigenvalue weighted by Gasteiger charge is -2.10. The summed E-state index contributed by atoms with van der Waals surface area (Å²) in [6, 6.07) is 3.81. The number of carbonyl (C=O) groups excluding carboxylic acids is 1. The fraction of sp³-hybridized carbons (Fsp3) is 0.375. The van der Waals surface area contributed by atoms with Gasteiger partial charge < -0.3 is 10.2 Å². The summed E-state index contributed by atoms with van der Waals surface area (Å²) in [6.07, 6.45) is -5.19. The first-order chi connectivity index (χ1) is 13.5. The van der Waals surface area contributed by atoms with Crippen molar-refractivity contribution in [3.63, 3.8) is 0 Å². The van der Waals surface area contributed by atoms with Gasteiger partial charge in [-0.25, -0.2) is 18.4 Å². The molecule has 0 radical (unpaired) electrons. The Morgan fingerprint density at radius 3 is 2.72 bits per heavy atom. The van der Waals surface area contributed by atoms with Crippen LogP contribution in [0.15, 0.2) is 33.9 Å². The number of aromatic nitrogens is 2. The van der Waals surface area contributed by atoms with Gasteiger partial charge in [0.1, 0.15) is 11.8 Å². The molecule has 156 valence electrons. The molecule has 1 N–H and O–H groups in total. The molecular weight excluding hydrogens is 433 g/mol. The lowest BCUT2D eigenvalue weighted by molar-refractivity contribution is -0.141. The molecule has 0 aliphatic carbocycles. The SMILES string of the molecule is CC1CC(NC(=O)CCS(=O)(=O)c2nc(-c3cccs3)cc(C(F)(F)F)n2)=NO1. The van der Waals surface area contributed by atoms with Crippen LogP contribution in [0.3, 0.4) is 0 Å². The van der Waals surface area contributed by atoms with Crippen molar-refractivity contribution in [2.45, 2.75) is 37.2 Å². The molecule has 0 fully saturated rings. The summed E-state index contributed by atoms with van der Waals surface area (Å²) in [5.74, 6) is -1.15. The molecule has 1 aliphatic heterocycles. The van der Waals surface area contributed by atoms with Gasteiger partial charge in [0.15, 0.2) is 5.84 Å². The van der Waals surface area contributed by atoms with Crippen LogP contribution < -0.4 is 5.32 Å². The number of halogens is 3. The topological polar surface area (TPSA) is 111 Å². The second-order valence-electron chi connectivity index (χ2n) is 6.17. The Labute approximate surface area is 167 Å². The number of nitrogens with zero attached hydrogens (tertiary/aromatic N) is 3. The lowest BCUT2D eigenvalue weighted by Crippen LogP contribution is -2.31. The first-order valence-corrected chi connectivity index (χ1v) is 10.8. The zero-order chi connectivity index (χ0) is 21.2. The fourth-order valence-electron chi connectivity index (χ4n) is 2.38. The zero-order valence-corrected chi connectivity index (χ0v) is 16.6. The average Bonchev–Trinajstić information content (AvgIpc) is 3.31. The maximum atomic E-state index is 13.2. The number of amidine groups is 1. The van der Waals surface area contributed by atoms with E-state index in [0.29, 0.717) is 17.4 Å². The molecule has 1 amide bonds. The molecule has 0 aromatic carbocycles. The lowest BCUT2D eigenvalue weighted by atomic mass is 10.3. The Morgan fingerprint density at radius 1 is 1.38 bits per heavy atom. The third-order valence-electron chi connectivity index (χ3n) is 3.75. The predicted octanol–water partition coefficient (Wildman–Crippen LogP) is 2.63. The van der Waals surface area contributed by atoms with Crippen LogP contribution in [0.5, 0.6) is 0 Å². The van der Waals surface area contributed by atoms with Gasteiger partial charge in [0.2, 0.25) is 20.9 Å². The van der Waals surface area contributed by atoms with Crippen molar-refractivity contribution in [3.05, 3.63) is 29.3 Å². The summed E-state index contributed by atoms with van der Waals surface area (Å²) < 4.78 is 64.5. The van der Waals surface area contributed by atoms with E-state index in [-0.39, 0.29) is 17.6 Å². The molecule has 2 aromatic rings. The Hall–Kier alpha value is -2.54.